The Hall–Kier alpha value is -0.0800. The average Bonchev–Trinajstić information content (AvgIpc) is 2.06. The second-order valence-corrected chi connectivity index (χ2v) is 3.87. The van der Waals surface area contributed by atoms with Gasteiger partial charge in [0.25, 0.3) is 0 Å². The first-order chi connectivity index (χ1) is 5.33. The zero-order valence-electron chi connectivity index (χ0n) is 8.47. The van der Waals surface area contributed by atoms with Gasteiger partial charge in [0, 0.05) is 6.54 Å². The highest BCUT2D eigenvalue weighted by Gasteiger charge is 2.11. The first-order valence-corrected chi connectivity index (χ1v) is 5.05. The lowest BCUT2D eigenvalue weighted by atomic mass is 10.1. The van der Waals surface area contributed by atoms with Crippen molar-refractivity contribution in [2.75, 3.05) is 19.6 Å². The van der Waals surface area contributed by atoms with Gasteiger partial charge in [0.15, 0.2) is 0 Å². The first kappa shape index (κ1) is 11.9. The Morgan fingerprint density at radius 1 is 1.17 bits per heavy atom. The Balaban J connectivity index is 0.00000121. The Morgan fingerprint density at radius 3 is 2.25 bits per heavy atom. The number of rotatable bonds is 3. The summed E-state index contributed by atoms with van der Waals surface area (Å²) >= 11 is 0. The van der Waals surface area contributed by atoms with E-state index in [1.165, 1.54) is 45.3 Å². The van der Waals surface area contributed by atoms with Crippen molar-refractivity contribution in [3.8, 4) is 0 Å². The molecule has 1 saturated heterocycles. The van der Waals surface area contributed by atoms with Crippen LogP contribution in [0.5, 0.6) is 0 Å². The maximum absolute atomic E-state index is 2.62. The van der Waals surface area contributed by atoms with Crippen LogP contribution >= 0.6 is 0 Å². The minimum atomic E-state index is 0. The van der Waals surface area contributed by atoms with E-state index in [0.29, 0.717) is 0 Å². The maximum atomic E-state index is 2.62. The van der Waals surface area contributed by atoms with E-state index in [1.807, 2.05) is 0 Å². The Morgan fingerprint density at radius 2 is 1.75 bits per heavy atom. The smallest absolute Gasteiger partial charge is 0.000692 e. The molecule has 1 rings (SSSR count). The summed E-state index contributed by atoms with van der Waals surface area (Å²) in [6.07, 6.45) is 5.64. The summed E-state index contributed by atoms with van der Waals surface area (Å²) in [5.74, 6) is 0.896. The topological polar surface area (TPSA) is 34.7 Å². The van der Waals surface area contributed by atoms with Gasteiger partial charge in [0.1, 0.15) is 0 Å². The molecule has 1 aliphatic heterocycles. The van der Waals surface area contributed by atoms with Gasteiger partial charge >= 0.3 is 0 Å². The van der Waals surface area contributed by atoms with Crippen molar-refractivity contribution in [3.05, 3.63) is 0 Å². The van der Waals surface area contributed by atoms with Gasteiger partial charge in [-0.3, -0.25) is 0 Å². The van der Waals surface area contributed by atoms with E-state index in [2.05, 4.69) is 18.7 Å². The third kappa shape index (κ3) is 4.07. The third-order valence-corrected chi connectivity index (χ3v) is 2.72. The zero-order chi connectivity index (χ0) is 8.10. The van der Waals surface area contributed by atoms with E-state index >= 15 is 0 Å². The van der Waals surface area contributed by atoms with Crippen LogP contribution in [0.3, 0.4) is 0 Å². The number of nitrogens with zero attached hydrogens (tertiary/aromatic N) is 1. The molecule has 1 unspecified atom stereocenters. The summed E-state index contributed by atoms with van der Waals surface area (Å²) in [6, 6.07) is 0. The van der Waals surface area contributed by atoms with Gasteiger partial charge in [-0.25, -0.2) is 0 Å². The molecule has 1 fully saturated rings. The molecular weight excluding hydrogens is 150 g/mol. The quantitative estimate of drug-likeness (QED) is 0.639. The van der Waals surface area contributed by atoms with Gasteiger partial charge in [-0.15, -0.1) is 0 Å². The largest absolute Gasteiger partial charge is 0.412 e. The van der Waals surface area contributed by atoms with E-state index in [4.69, 9.17) is 0 Å². The molecule has 74 valence electrons. The molecule has 1 atom stereocenters. The minimum Gasteiger partial charge on any atom is -0.412 e. The fourth-order valence-corrected chi connectivity index (χ4v) is 1.71. The van der Waals surface area contributed by atoms with Crippen molar-refractivity contribution >= 4 is 0 Å². The molecule has 2 heteroatoms. The second-order valence-electron chi connectivity index (χ2n) is 3.87. The van der Waals surface area contributed by atoms with Gasteiger partial charge in [0.05, 0.1) is 0 Å². The summed E-state index contributed by atoms with van der Waals surface area (Å²) < 4.78 is 0. The second kappa shape index (κ2) is 6.44. The van der Waals surface area contributed by atoms with Gasteiger partial charge in [-0.1, -0.05) is 26.7 Å². The highest BCUT2D eigenvalue weighted by molar-refractivity contribution is 4.66. The molecule has 12 heavy (non-hydrogen) atoms. The van der Waals surface area contributed by atoms with Crippen LogP contribution in [0.1, 0.15) is 39.5 Å². The molecule has 0 aromatic heterocycles. The maximum Gasteiger partial charge on any atom is 0.000692 e. The number of hydrogen-bond acceptors (Lipinski definition) is 1. The molecular formula is C10H23NO. The predicted octanol–water partition coefficient (Wildman–Crippen LogP) is 1.69. The fourth-order valence-electron chi connectivity index (χ4n) is 1.71. The highest BCUT2D eigenvalue weighted by atomic mass is 16.0. The molecule has 0 aromatic carbocycles. The first-order valence-electron chi connectivity index (χ1n) is 5.05. The van der Waals surface area contributed by atoms with E-state index in [-0.39, 0.29) is 5.48 Å². The number of hydrogen-bond donors (Lipinski definition) is 0. The molecule has 0 aliphatic carbocycles. The molecule has 1 aliphatic rings. The molecule has 0 radical (unpaired) electrons. The Kier molecular flexibility index (Phi) is 6.39. The van der Waals surface area contributed by atoms with E-state index in [0.717, 1.165) is 5.92 Å². The molecule has 2 N–H and O–H groups in total. The van der Waals surface area contributed by atoms with E-state index in [1.54, 1.807) is 0 Å². The zero-order valence-corrected chi connectivity index (χ0v) is 8.47. The minimum absolute atomic E-state index is 0. The summed E-state index contributed by atoms with van der Waals surface area (Å²) in [7, 11) is 0. The van der Waals surface area contributed by atoms with Crippen molar-refractivity contribution in [2.45, 2.75) is 39.5 Å². The molecule has 1 heterocycles. The summed E-state index contributed by atoms with van der Waals surface area (Å²) in [6.45, 7) is 8.67. The monoisotopic (exact) mass is 173 g/mol. The highest BCUT2D eigenvalue weighted by Crippen LogP contribution is 2.11. The van der Waals surface area contributed by atoms with Crippen molar-refractivity contribution in [3.63, 3.8) is 0 Å². The van der Waals surface area contributed by atoms with Gasteiger partial charge in [0.2, 0.25) is 0 Å². The van der Waals surface area contributed by atoms with Crippen molar-refractivity contribution in [1.29, 1.82) is 0 Å². The average molecular weight is 173 g/mol. The predicted molar refractivity (Wildman–Crippen MR) is 53.4 cm³/mol. The number of likely N-dealkylation sites (tertiary alicyclic amines) is 1. The van der Waals surface area contributed by atoms with Gasteiger partial charge in [-0.05, 0) is 31.8 Å². The third-order valence-electron chi connectivity index (χ3n) is 2.72. The van der Waals surface area contributed by atoms with Crippen molar-refractivity contribution in [2.24, 2.45) is 5.92 Å². The van der Waals surface area contributed by atoms with Crippen LogP contribution in [0.2, 0.25) is 0 Å². The lowest BCUT2D eigenvalue weighted by molar-refractivity contribution is 0.199. The van der Waals surface area contributed by atoms with Crippen LogP contribution < -0.4 is 0 Å². The van der Waals surface area contributed by atoms with Crippen LogP contribution in [0.15, 0.2) is 0 Å². The van der Waals surface area contributed by atoms with Crippen LogP contribution in [-0.4, -0.2) is 30.0 Å². The molecule has 0 saturated carbocycles. The molecule has 0 bridgehead atoms. The van der Waals surface area contributed by atoms with Crippen LogP contribution in [0.4, 0.5) is 0 Å². The molecule has 0 spiro atoms. The lowest BCUT2D eigenvalue weighted by Crippen LogP contribution is -2.33. The van der Waals surface area contributed by atoms with E-state index in [9.17, 15) is 0 Å². The van der Waals surface area contributed by atoms with Crippen molar-refractivity contribution < 1.29 is 5.48 Å². The van der Waals surface area contributed by atoms with E-state index < -0.39 is 0 Å². The van der Waals surface area contributed by atoms with Crippen LogP contribution in [-0.2, 0) is 0 Å². The fraction of sp³-hybridized carbons (Fsp3) is 1.00. The summed E-state index contributed by atoms with van der Waals surface area (Å²) in [5, 5.41) is 0. The molecule has 0 aromatic rings. The van der Waals surface area contributed by atoms with Crippen molar-refractivity contribution in [1.82, 2.24) is 4.90 Å². The Labute approximate surface area is 76.3 Å². The van der Waals surface area contributed by atoms with Gasteiger partial charge < -0.3 is 10.4 Å². The normalized spacial score (nSPS) is 21.5. The standard InChI is InChI=1S/C10H21N.H2O/c1-3-10(2)9-11-7-5-4-6-8-11;/h10H,3-9H2,1-2H3;1H2. The van der Waals surface area contributed by atoms with Crippen LogP contribution in [0, 0.1) is 5.92 Å². The summed E-state index contributed by atoms with van der Waals surface area (Å²) in [4.78, 5) is 2.62. The Bertz CT molecular complexity index is 100. The summed E-state index contributed by atoms with van der Waals surface area (Å²) in [5.41, 5.74) is 0. The van der Waals surface area contributed by atoms with Crippen LogP contribution in [0.25, 0.3) is 0 Å². The number of piperidine rings is 1. The molecule has 2 nitrogen and oxygen atoms in total. The molecule has 0 amide bonds. The lowest BCUT2D eigenvalue weighted by Gasteiger charge is -2.28. The van der Waals surface area contributed by atoms with Gasteiger partial charge in [-0.2, -0.15) is 0 Å². The SMILES string of the molecule is CCC(C)CN1CCCCC1.O.